The van der Waals surface area contributed by atoms with Gasteiger partial charge in [-0.2, -0.15) is 0 Å². The highest BCUT2D eigenvalue weighted by Gasteiger charge is 2.28. The Kier molecular flexibility index (Phi) is 13.6. The van der Waals surface area contributed by atoms with Gasteiger partial charge in [-0.25, -0.2) is 0 Å². The van der Waals surface area contributed by atoms with Crippen molar-refractivity contribution in [3.63, 3.8) is 0 Å². The largest absolute Gasteiger partial charge is 0.383 e. The first-order chi connectivity index (χ1) is 13.2. The molecule has 166 valence electrons. The third-order valence-corrected chi connectivity index (χ3v) is 5.40. The molecule has 0 aromatic heterocycles. The van der Waals surface area contributed by atoms with Gasteiger partial charge in [0.25, 0.3) is 0 Å². The minimum atomic E-state index is 0. The van der Waals surface area contributed by atoms with Crippen molar-refractivity contribution in [3.05, 3.63) is 0 Å². The number of hydrogen-bond donors (Lipinski definition) is 2. The Labute approximate surface area is 189 Å². The normalized spacial score (nSPS) is 19.6. The minimum Gasteiger partial charge on any atom is -0.383 e. The van der Waals surface area contributed by atoms with Crippen LogP contribution in [0.2, 0.25) is 0 Å². The van der Waals surface area contributed by atoms with Crippen molar-refractivity contribution < 1.29 is 9.47 Å². The fraction of sp³-hybridized carbons (Fsp3) is 0.950. The third kappa shape index (κ3) is 9.56. The lowest BCUT2D eigenvalue weighted by Gasteiger charge is -2.36. The molecule has 0 bridgehead atoms. The second kappa shape index (κ2) is 14.8. The zero-order valence-electron chi connectivity index (χ0n) is 18.3. The van der Waals surface area contributed by atoms with Crippen LogP contribution in [0.15, 0.2) is 4.99 Å². The molecule has 1 saturated heterocycles. The van der Waals surface area contributed by atoms with Crippen LogP contribution in [-0.2, 0) is 9.47 Å². The van der Waals surface area contributed by atoms with E-state index in [2.05, 4.69) is 41.2 Å². The van der Waals surface area contributed by atoms with Crippen LogP contribution in [0.25, 0.3) is 0 Å². The van der Waals surface area contributed by atoms with Crippen molar-refractivity contribution in [1.29, 1.82) is 0 Å². The van der Waals surface area contributed by atoms with Gasteiger partial charge in [0.05, 0.1) is 26.4 Å². The highest BCUT2D eigenvalue weighted by molar-refractivity contribution is 14.0. The van der Waals surface area contributed by atoms with Gasteiger partial charge in [-0.15, -0.1) is 24.0 Å². The molecule has 1 heterocycles. The van der Waals surface area contributed by atoms with E-state index in [1.165, 1.54) is 12.8 Å². The predicted molar refractivity (Wildman–Crippen MR) is 127 cm³/mol. The standard InChI is InChI=1S/C20H41N5O2.HI/c1-5-21-20(22-8-9-24(10-13-26-4)18-6-7-18)23-16-19(17(2)3)25-11-14-27-15-12-25;/h17-19H,5-16H2,1-4H3,(H2,21,22,23);1H. The lowest BCUT2D eigenvalue weighted by atomic mass is 10.0. The summed E-state index contributed by atoms with van der Waals surface area (Å²) in [5.74, 6) is 1.51. The van der Waals surface area contributed by atoms with E-state index in [0.717, 1.165) is 77.6 Å². The molecule has 0 spiro atoms. The first-order valence-electron chi connectivity index (χ1n) is 10.7. The highest BCUT2D eigenvalue weighted by atomic mass is 127. The summed E-state index contributed by atoms with van der Waals surface area (Å²) in [5, 5.41) is 6.91. The van der Waals surface area contributed by atoms with Crippen molar-refractivity contribution in [2.75, 3.05) is 72.7 Å². The Morgan fingerprint density at radius 1 is 1.21 bits per heavy atom. The molecule has 2 N–H and O–H groups in total. The second-order valence-corrected chi connectivity index (χ2v) is 7.87. The molecule has 2 fully saturated rings. The van der Waals surface area contributed by atoms with Crippen molar-refractivity contribution >= 4 is 29.9 Å². The molecule has 0 amide bonds. The van der Waals surface area contributed by atoms with E-state index >= 15 is 0 Å². The Hall–Kier alpha value is -0.160. The molecule has 0 aromatic carbocycles. The molecule has 1 atom stereocenters. The molecule has 1 saturated carbocycles. The number of halogens is 1. The van der Waals surface area contributed by atoms with Crippen LogP contribution in [0, 0.1) is 5.92 Å². The first kappa shape index (κ1) is 25.9. The molecular weight excluding hydrogens is 469 g/mol. The van der Waals surface area contributed by atoms with Gasteiger partial charge in [0.15, 0.2) is 5.96 Å². The number of aliphatic imine (C=N–C) groups is 1. The van der Waals surface area contributed by atoms with Gasteiger partial charge >= 0.3 is 0 Å². The molecule has 8 heteroatoms. The van der Waals surface area contributed by atoms with Crippen LogP contribution in [0.3, 0.4) is 0 Å². The van der Waals surface area contributed by atoms with Crippen LogP contribution < -0.4 is 10.6 Å². The number of nitrogens with zero attached hydrogens (tertiary/aromatic N) is 3. The van der Waals surface area contributed by atoms with Crippen molar-refractivity contribution in [2.24, 2.45) is 10.9 Å². The number of guanidine groups is 1. The Morgan fingerprint density at radius 3 is 2.50 bits per heavy atom. The number of morpholine rings is 1. The van der Waals surface area contributed by atoms with Crippen molar-refractivity contribution in [2.45, 2.75) is 45.7 Å². The molecule has 2 aliphatic rings. The number of nitrogens with one attached hydrogen (secondary N) is 2. The summed E-state index contributed by atoms with van der Waals surface area (Å²) in [6, 6.07) is 1.22. The van der Waals surface area contributed by atoms with Gasteiger partial charge in [0, 0.05) is 58.5 Å². The quantitative estimate of drug-likeness (QED) is 0.236. The molecule has 0 aromatic rings. The maximum Gasteiger partial charge on any atom is 0.191 e. The van der Waals surface area contributed by atoms with Gasteiger partial charge in [-0.3, -0.25) is 14.8 Å². The average Bonchev–Trinajstić information content (AvgIpc) is 3.50. The zero-order valence-corrected chi connectivity index (χ0v) is 20.6. The highest BCUT2D eigenvalue weighted by Crippen LogP contribution is 2.25. The summed E-state index contributed by atoms with van der Waals surface area (Å²) in [7, 11) is 1.78. The minimum absolute atomic E-state index is 0. The van der Waals surface area contributed by atoms with Crippen molar-refractivity contribution in [1.82, 2.24) is 20.4 Å². The van der Waals surface area contributed by atoms with E-state index in [4.69, 9.17) is 14.5 Å². The summed E-state index contributed by atoms with van der Waals surface area (Å²) in [4.78, 5) is 9.96. The second-order valence-electron chi connectivity index (χ2n) is 7.87. The topological polar surface area (TPSA) is 61.4 Å². The van der Waals surface area contributed by atoms with E-state index in [9.17, 15) is 0 Å². The third-order valence-electron chi connectivity index (χ3n) is 5.40. The molecule has 2 rings (SSSR count). The van der Waals surface area contributed by atoms with Crippen LogP contribution in [0.4, 0.5) is 0 Å². The van der Waals surface area contributed by atoms with E-state index in [1.54, 1.807) is 7.11 Å². The molecule has 1 aliphatic heterocycles. The molecule has 0 radical (unpaired) electrons. The Morgan fingerprint density at radius 2 is 1.93 bits per heavy atom. The molecular formula is C20H42IN5O2. The molecule has 1 unspecified atom stereocenters. The summed E-state index contributed by atoms with van der Waals surface area (Å²) in [5.41, 5.74) is 0. The smallest absolute Gasteiger partial charge is 0.191 e. The van der Waals surface area contributed by atoms with Gasteiger partial charge < -0.3 is 20.1 Å². The SMILES string of the molecule is CCNC(=NCC(C(C)C)N1CCOCC1)NCCN(CCOC)C1CC1.I. The van der Waals surface area contributed by atoms with Crippen molar-refractivity contribution in [3.8, 4) is 0 Å². The number of hydrogen-bond acceptors (Lipinski definition) is 5. The maximum atomic E-state index is 5.51. The Bertz CT molecular complexity index is 429. The Balaban J connectivity index is 0.00000392. The first-order valence-corrected chi connectivity index (χ1v) is 10.7. The molecule has 7 nitrogen and oxygen atoms in total. The van der Waals surface area contributed by atoms with Gasteiger partial charge in [-0.05, 0) is 25.7 Å². The lowest BCUT2D eigenvalue weighted by Crippen LogP contribution is -2.48. The average molecular weight is 511 g/mol. The lowest BCUT2D eigenvalue weighted by molar-refractivity contribution is 0.00867. The summed E-state index contributed by atoms with van der Waals surface area (Å²) in [6.07, 6.45) is 2.65. The molecule has 1 aliphatic carbocycles. The van der Waals surface area contributed by atoms with Gasteiger partial charge in [-0.1, -0.05) is 13.8 Å². The van der Waals surface area contributed by atoms with Gasteiger partial charge in [0.2, 0.25) is 0 Å². The number of methoxy groups -OCH3 is 1. The number of rotatable bonds is 12. The van der Waals surface area contributed by atoms with E-state index in [1.807, 2.05) is 0 Å². The summed E-state index contributed by atoms with van der Waals surface area (Å²) in [6.45, 7) is 15.9. The maximum absolute atomic E-state index is 5.51. The van der Waals surface area contributed by atoms with E-state index < -0.39 is 0 Å². The van der Waals surface area contributed by atoms with Crippen LogP contribution in [0.1, 0.15) is 33.6 Å². The summed E-state index contributed by atoms with van der Waals surface area (Å²) >= 11 is 0. The fourth-order valence-corrected chi connectivity index (χ4v) is 3.63. The van der Waals surface area contributed by atoms with Crippen LogP contribution >= 0.6 is 24.0 Å². The van der Waals surface area contributed by atoms with E-state index in [-0.39, 0.29) is 24.0 Å². The number of ether oxygens (including phenoxy) is 2. The summed E-state index contributed by atoms with van der Waals surface area (Å²) < 4.78 is 10.8. The predicted octanol–water partition coefficient (Wildman–Crippen LogP) is 1.63. The van der Waals surface area contributed by atoms with Crippen LogP contribution in [0.5, 0.6) is 0 Å². The van der Waals surface area contributed by atoms with E-state index in [0.29, 0.717) is 12.0 Å². The fourth-order valence-electron chi connectivity index (χ4n) is 3.63. The van der Waals surface area contributed by atoms with Gasteiger partial charge in [0.1, 0.15) is 0 Å². The monoisotopic (exact) mass is 511 g/mol. The van der Waals surface area contributed by atoms with Crippen LogP contribution in [-0.4, -0.2) is 101 Å². The molecule has 28 heavy (non-hydrogen) atoms. The zero-order chi connectivity index (χ0) is 19.5.